The summed E-state index contributed by atoms with van der Waals surface area (Å²) in [6.07, 6.45) is 1.75. The molecule has 2 aromatic rings. The van der Waals surface area contributed by atoms with Crippen molar-refractivity contribution in [2.45, 2.75) is 37.6 Å². The molecule has 0 bridgehead atoms. The average Bonchev–Trinajstić information content (AvgIpc) is 3.23. The molecule has 0 unspecified atom stereocenters. The van der Waals surface area contributed by atoms with Crippen LogP contribution in [0.5, 0.6) is 0 Å². The quantitative estimate of drug-likeness (QED) is 0.647. The van der Waals surface area contributed by atoms with Gasteiger partial charge in [-0.2, -0.15) is 0 Å². The van der Waals surface area contributed by atoms with Crippen molar-refractivity contribution in [3.8, 4) is 0 Å². The van der Waals surface area contributed by atoms with Crippen LogP contribution in [0.25, 0.3) is 0 Å². The molecule has 1 aliphatic carbocycles. The highest BCUT2D eigenvalue weighted by Gasteiger charge is 2.31. The lowest BCUT2D eigenvalue weighted by Crippen LogP contribution is -2.33. The van der Waals surface area contributed by atoms with Crippen LogP contribution in [-0.4, -0.2) is 34.4 Å². The number of rotatable bonds is 4. The number of aromatic nitrogens is 3. The van der Waals surface area contributed by atoms with Crippen molar-refractivity contribution >= 4 is 38.3 Å². The Balaban J connectivity index is 1.95. The molecule has 0 radical (unpaired) electrons. The lowest BCUT2D eigenvalue weighted by molar-refractivity contribution is 0.0919. The molecule has 0 atom stereocenters. The lowest BCUT2D eigenvalue weighted by atomic mass is 10.2. The van der Waals surface area contributed by atoms with Crippen molar-refractivity contribution in [1.29, 1.82) is 0 Å². The van der Waals surface area contributed by atoms with E-state index >= 15 is 0 Å². The summed E-state index contributed by atoms with van der Waals surface area (Å²) >= 11 is 1.93. The van der Waals surface area contributed by atoms with Crippen molar-refractivity contribution in [2.75, 3.05) is 5.75 Å². The van der Waals surface area contributed by atoms with E-state index in [9.17, 15) is 18.0 Å². The summed E-state index contributed by atoms with van der Waals surface area (Å²) in [5.41, 5.74) is 0.0106. The highest BCUT2D eigenvalue weighted by molar-refractivity contribution is 14.1. The SMILES string of the molecule is Cc1cccc(I)c1S(=O)(=O)CC(=O)n1nc(C)n(C2CC2)c1=O. The van der Waals surface area contributed by atoms with E-state index < -0.39 is 27.2 Å². The Morgan fingerprint density at radius 2 is 2.00 bits per heavy atom. The van der Waals surface area contributed by atoms with Crippen LogP contribution >= 0.6 is 22.6 Å². The number of benzene rings is 1. The average molecular weight is 461 g/mol. The van der Waals surface area contributed by atoms with Crippen molar-refractivity contribution < 1.29 is 13.2 Å². The second-order valence-electron chi connectivity index (χ2n) is 5.88. The van der Waals surface area contributed by atoms with Crippen molar-refractivity contribution in [2.24, 2.45) is 0 Å². The Hall–Kier alpha value is -1.49. The Morgan fingerprint density at radius 1 is 1.33 bits per heavy atom. The first-order chi connectivity index (χ1) is 11.2. The van der Waals surface area contributed by atoms with Crippen molar-refractivity contribution in [3.63, 3.8) is 0 Å². The summed E-state index contributed by atoms with van der Waals surface area (Å²) in [5, 5.41) is 3.95. The van der Waals surface area contributed by atoms with Crippen LogP contribution in [0.4, 0.5) is 0 Å². The van der Waals surface area contributed by atoms with E-state index in [0.29, 0.717) is 19.6 Å². The maximum Gasteiger partial charge on any atom is 0.353 e. The van der Waals surface area contributed by atoms with Gasteiger partial charge in [0.25, 0.3) is 5.91 Å². The molecule has 0 amide bonds. The normalized spacial score (nSPS) is 14.8. The first-order valence-electron chi connectivity index (χ1n) is 7.41. The van der Waals surface area contributed by atoms with Gasteiger partial charge in [0.05, 0.1) is 4.90 Å². The van der Waals surface area contributed by atoms with Gasteiger partial charge in [-0.25, -0.2) is 13.2 Å². The van der Waals surface area contributed by atoms with Gasteiger partial charge in [-0.1, -0.05) is 12.1 Å². The first kappa shape index (κ1) is 17.3. The van der Waals surface area contributed by atoms with Gasteiger partial charge in [-0.05, 0) is 60.9 Å². The van der Waals surface area contributed by atoms with Crippen LogP contribution in [0.1, 0.15) is 35.1 Å². The molecule has 0 saturated heterocycles. The Bertz CT molecular complexity index is 966. The number of carbonyl (C=O) groups excluding carboxylic acids is 1. The van der Waals surface area contributed by atoms with Crippen LogP contribution in [0.3, 0.4) is 0 Å². The number of carbonyl (C=O) groups is 1. The second kappa shape index (κ2) is 6.10. The first-order valence-corrected chi connectivity index (χ1v) is 10.1. The van der Waals surface area contributed by atoms with Crippen molar-refractivity contribution in [3.05, 3.63) is 43.6 Å². The third-order valence-corrected chi connectivity index (χ3v) is 6.97. The van der Waals surface area contributed by atoms with Gasteiger partial charge in [0.15, 0.2) is 9.84 Å². The highest BCUT2D eigenvalue weighted by atomic mass is 127. The van der Waals surface area contributed by atoms with E-state index in [-0.39, 0.29) is 10.9 Å². The van der Waals surface area contributed by atoms with Gasteiger partial charge in [0.1, 0.15) is 11.6 Å². The Morgan fingerprint density at radius 3 is 2.58 bits per heavy atom. The smallest absolute Gasteiger partial charge is 0.276 e. The topological polar surface area (TPSA) is 91.0 Å². The molecule has 128 valence electrons. The van der Waals surface area contributed by atoms with Crippen molar-refractivity contribution in [1.82, 2.24) is 14.3 Å². The molecule has 3 rings (SSSR count). The number of hydrogen-bond donors (Lipinski definition) is 0. The highest BCUT2D eigenvalue weighted by Crippen LogP contribution is 2.34. The third kappa shape index (κ3) is 3.06. The fourth-order valence-electron chi connectivity index (χ4n) is 2.70. The predicted molar refractivity (Wildman–Crippen MR) is 96.1 cm³/mol. The minimum absolute atomic E-state index is 0.0768. The van der Waals surface area contributed by atoms with E-state index in [4.69, 9.17) is 0 Å². The summed E-state index contributed by atoms with van der Waals surface area (Å²) in [6.45, 7) is 3.32. The monoisotopic (exact) mass is 461 g/mol. The van der Waals surface area contributed by atoms with E-state index in [0.717, 1.165) is 12.8 Å². The molecule has 0 spiro atoms. The molecule has 1 heterocycles. The minimum atomic E-state index is -3.86. The van der Waals surface area contributed by atoms with Gasteiger partial charge in [-0.3, -0.25) is 9.36 Å². The maximum absolute atomic E-state index is 12.6. The fourth-order valence-corrected chi connectivity index (χ4v) is 5.85. The number of sulfone groups is 1. The van der Waals surface area contributed by atoms with Crippen LogP contribution in [0.2, 0.25) is 0 Å². The van der Waals surface area contributed by atoms with E-state index in [2.05, 4.69) is 5.10 Å². The largest absolute Gasteiger partial charge is 0.353 e. The zero-order valence-electron chi connectivity index (χ0n) is 13.2. The Kier molecular flexibility index (Phi) is 4.41. The fraction of sp³-hybridized carbons (Fsp3) is 0.400. The zero-order chi connectivity index (χ0) is 17.6. The molecule has 1 aromatic heterocycles. The molecular weight excluding hydrogens is 445 g/mol. The summed E-state index contributed by atoms with van der Waals surface area (Å²) in [4.78, 5) is 24.8. The maximum atomic E-state index is 12.6. The molecule has 0 aliphatic heterocycles. The molecule has 7 nitrogen and oxygen atoms in total. The summed E-state index contributed by atoms with van der Waals surface area (Å²) in [5.74, 6) is -1.19. The van der Waals surface area contributed by atoms with Gasteiger partial charge in [0.2, 0.25) is 0 Å². The standard InChI is InChI=1S/C15H16IN3O4S/c1-9-4-3-5-12(16)14(9)24(22,23)8-13(20)19-15(21)18(10(2)17-19)11-6-7-11/h3-5,11H,6-8H2,1-2H3. The molecule has 1 aliphatic rings. The van der Waals surface area contributed by atoms with Crippen LogP contribution in [-0.2, 0) is 9.84 Å². The van der Waals surface area contributed by atoms with Gasteiger partial charge < -0.3 is 0 Å². The van der Waals surface area contributed by atoms with Crippen LogP contribution < -0.4 is 5.69 Å². The number of hydrogen-bond acceptors (Lipinski definition) is 5. The van der Waals surface area contributed by atoms with Gasteiger partial charge in [-0.15, -0.1) is 9.78 Å². The van der Waals surface area contributed by atoms with E-state index in [1.807, 2.05) is 22.6 Å². The number of nitrogens with zero attached hydrogens (tertiary/aromatic N) is 3. The number of aryl methyl sites for hydroxylation is 2. The van der Waals surface area contributed by atoms with E-state index in [1.54, 1.807) is 32.0 Å². The number of halogens is 1. The van der Waals surface area contributed by atoms with Crippen LogP contribution in [0, 0.1) is 17.4 Å². The second-order valence-corrected chi connectivity index (χ2v) is 8.97. The minimum Gasteiger partial charge on any atom is -0.276 e. The molecule has 9 heteroatoms. The van der Waals surface area contributed by atoms with Gasteiger partial charge in [0, 0.05) is 9.61 Å². The zero-order valence-corrected chi connectivity index (χ0v) is 16.2. The van der Waals surface area contributed by atoms with Crippen LogP contribution in [0.15, 0.2) is 27.9 Å². The molecule has 0 N–H and O–H groups in total. The van der Waals surface area contributed by atoms with Gasteiger partial charge >= 0.3 is 5.69 Å². The Labute approximate surface area is 152 Å². The predicted octanol–water partition coefficient (Wildman–Crippen LogP) is 1.72. The van der Waals surface area contributed by atoms with E-state index in [1.165, 1.54) is 4.57 Å². The third-order valence-electron chi connectivity index (χ3n) is 3.92. The summed E-state index contributed by atoms with van der Waals surface area (Å²) in [7, 11) is -3.86. The molecule has 1 saturated carbocycles. The molecule has 1 fully saturated rings. The lowest BCUT2D eigenvalue weighted by Gasteiger charge is -2.09. The molecule has 24 heavy (non-hydrogen) atoms. The summed E-state index contributed by atoms with van der Waals surface area (Å²) < 4.78 is 27.9. The molecular formula is C15H16IN3O4S. The molecule has 1 aromatic carbocycles. The summed E-state index contributed by atoms with van der Waals surface area (Å²) in [6, 6.07) is 5.18.